The molecule has 0 spiro atoms. The molecule has 1 aliphatic rings. The van der Waals surface area contributed by atoms with Crippen molar-refractivity contribution in [3.63, 3.8) is 0 Å². The number of anilines is 1. The van der Waals surface area contributed by atoms with E-state index >= 15 is 0 Å². The molecule has 1 N–H and O–H groups in total. The first-order valence-electron chi connectivity index (χ1n) is 6.83. The zero-order valence-electron chi connectivity index (χ0n) is 11.5. The second kappa shape index (κ2) is 5.70. The molecule has 1 heterocycles. The lowest BCUT2D eigenvalue weighted by Gasteiger charge is -2.39. The van der Waals surface area contributed by atoms with Crippen molar-refractivity contribution in [1.29, 1.82) is 0 Å². The van der Waals surface area contributed by atoms with Gasteiger partial charge in [0.25, 0.3) is 0 Å². The van der Waals surface area contributed by atoms with E-state index in [1.807, 2.05) is 19.2 Å². The molecule has 1 aromatic rings. The first-order valence-corrected chi connectivity index (χ1v) is 6.83. The van der Waals surface area contributed by atoms with Gasteiger partial charge >= 0.3 is 0 Å². The van der Waals surface area contributed by atoms with Crippen LogP contribution >= 0.6 is 0 Å². The van der Waals surface area contributed by atoms with Gasteiger partial charge in [0.15, 0.2) is 0 Å². The van der Waals surface area contributed by atoms with Crippen LogP contribution < -0.4 is 10.2 Å². The molecule has 0 amide bonds. The third-order valence-electron chi connectivity index (χ3n) is 4.08. The smallest absolute Gasteiger partial charge is 0.146 e. The number of hydrogen-bond donors (Lipinski definition) is 1. The number of hydrogen-bond acceptors (Lipinski definition) is 2. The average Bonchev–Trinajstić information content (AvgIpc) is 2.34. The van der Waals surface area contributed by atoms with Crippen molar-refractivity contribution in [2.45, 2.75) is 39.3 Å². The fourth-order valence-corrected chi connectivity index (χ4v) is 2.77. The Labute approximate surface area is 109 Å². The Morgan fingerprint density at radius 3 is 2.83 bits per heavy atom. The van der Waals surface area contributed by atoms with Gasteiger partial charge in [-0.15, -0.1) is 0 Å². The molecule has 0 saturated carbocycles. The Hall–Kier alpha value is -1.09. The average molecular weight is 250 g/mol. The predicted octanol–water partition coefficient (Wildman–Crippen LogP) is 3.17. The van der Waals surface area contributed by atoms with Gasteiger partial charge in [-0.05, 0) is 50.4 Å². The van der Waals surface area contributed by atoms with E-state index in [2.05, 4.69) is 24.1 Å². The van der Waals surface area contributed by atoms with Crippen LogP contribution in [0.25, 0.3) is 0 Å². The highest BCUT2D eigenvalue weighted by atomic mass is 19.1. The van der Waals surface area contributed by atoms with E-state index in [0.29, 0.717) is 18.5 Å². The van der Waals surface area contributed by atoms with E-state index in [1.54, 1.807) is 6.07 Å². The summed E-state index contributed by atoms with van der Waals surface area (Å²) in [5.74, 6) is 0.541. The highest BCUT2D eigenvalue weighted by molar-refractivity contribution is 5.50. The zero-order valence-corrected chi connectivity index (χ0v) is 11.5. The van der Waals surface area contributed by atoms with Gasteiger partial charge in [0, 0.05) is 19.1 Å². The Morgan fingerprint density at radius 1 is 1.39 bits per heavy atom. The minimum absolute atomic E-state index is 0.0938. The fraction of sp³-hybridized carbons (Fsp3) is 0.600. The Bertz CT molecular complexity index is 405. The van der Waals surface area contributed by atoms with E-state index < -0.39 is 0 Å². The highest BCUT2D eigenvalue weighted by Gasteiger charge is 2.26. The van der Waals surface area contributed by atoms with Crippen LogP contribution in [0, 0.1) is 11.7 Å². The van der Waals surface area contributed by atoms with Gasteiger partial charge in [-0.3, -0.25) is 0 Å². The third-order valence-corrected chi connectivity index (χ3v) is 4.08. The van der Waals surface area contributed by atoms with E-state index in [1.165, 1.54) is 6.42 Å². The SMILES string of the molecule is CNCc1ccc(N2CCCC(C)C2C)c(F)c1. The number of benzene rings is 1. The van der Waals surface area contributed by atoms with E-state index in [-0.39, 0.29) is 5.82 Å². The van der Waals surface area contributed by atoms with Crippen molar-refractivity contribution in [2.24, 2.45) is 5.92 Å². The summed E-state index contributed by atoms with van der Waals surface area (Å²) in [5, 5.41) is 3.05. The maximum atomic E-state index is 14.2. The van der Waals surface area contributed by atoms with Gasteiger partial charge in [-0.25, -0.2) is 4.39 Å². The molecular weight excluding hydrogens is 227 g/mol. The summed E-state index contributed by atoms with van der Waals surface area (Å²) in [4.78, 5) is 2.21. The van der Waals surface area contributed by atoms with Crippen LogP contribution in [0.5, 0.6) is 0 Å². The van der Waals surface area contributed by atoms with Crippen molar-refractivity contribution in [3.8, 4) is 0 Å². The minimum atomic E-state index is -0.0938. The predicted molar refractivity (Wildman–Crippen MR) is 74.4 cm³/mol. The molecule has 2 nitrogen and oxygen atoms in total. The van der Waals surface area contributed by atoms with Crippen molar-refractivity contribution >= 4 is 5.69 Å². The van der Waals surface area contributed by atoms with E-state index in [9.17, 15) is 4.39 Å². The molecular formula is C15H23FN2. The molecule has 0 bridgehead atoms. The summed E-state index contributed by atoms with van der Waals surface area (Å²) in [6.07, 6.45) is 2.40. The van der Waals surface area contributed by atoms with Crippen LogP contribution in [0.4, 0.5) is 10.1 Å². The van der Waals surface area contributed by atoms with Crippen molar-refractivity contribution < 1.29 is 4.39 Å². The molecule has 1 saturated heterocycles. The zero-order chi connectivity index (χ0) is 13.1. The number of piperidine rings is 1. The number of nitrogens with zero attached hydrogens (tertiary/aromatic N) is 1. The molecule has 100 valence electrons. The summed E-state index contributed by atoms with van der Waals surface area (Å²) >= 11 is 0. The molecule has 0 aromatic heterocycles. The van der Waals surface area contributed by atoms with E-state index in [4.69, 9.17) is 0 Å². The van der Waals surface area contributed by atoms with Gasteiger partial charge in [-0.2, -0.15) is 0 Å². The molecule has 1 aromatic carbocycles. The Morgan fingerprint density at radius 2 is 2.17 bits per heavy atom. The molecule has 1 aliphatic heterocycles. The number of rotatable bonds is 3. The Balaban J connectivity index is 2.22. The largest absolute Gasteiger partial charge is 0.366 e. The highest BCUT2D eigenvalue weighted by Crippen LogP contribution is 2.30. The van der Waals surface area contributed by atoms with Crippen LogP contribution in [0.2, 0.25) is 0 Å². The maximum absolute atomic E-state index is 14.2. The van der Waals surface area contributed by atoms with Crippen molar-refractivity contribution in [2.75, 3.05) is 18.5 Å². The molecule has 2 atom stereocenters. The van der Waals surface area contributed by atoms with Crippen LogP contribution in [-0.2, 0) is 6.54 Å². The van der Waals surface area contributed by atoms with Gasteiger partial charge < -0.3 is 10.2 Å². The quantitative estimate of drug-likeness (QED) is 0.886. The molecule has 1 fully saturated rings. The topological polar surface area (TPSA) is 15.3 Å². The fourth-order valence-electron chi connectivity index (χ4n) is 2.77. The monoisotopic (exact) mass is 250 g/mol. The summed E-state index contributed by atoms with van der Waals surface area (Å²) in [6.45, 7) is 6.13. The Kier molecular flexibility index (Phi) is 4.23. The van der Waals surface area contributed by atoms with Crippen LogP contribution in [0.1, 0.15) is 32.3 Å². The molecule has 2 rings (SSSR count). The van der Waals surface area contributed by atoms with Gasteiger partial charge in [0.2, 0.25) is 0 Å². The summed E-state index contributed by atoms with van der Waals surface area (Å²) in [7, 11) is 1.88. The second-order valence-electron chi connectivity index (χ2n) is 5.37. The van der Waals surface area contributed by atoms with Crippen LogP contribution in [-0.4, -0.2) is 19.6 Å². The van der Waals surface area contributed by atoms with Gasteiger partial charge in [0.1, 0.15) is 5.82 Å². The standard InChI is InChI=1S/C15H23FN2/c1-11-5-4-8-18(12(11)2)15-7-6-13(10-17-3)9-14(15)16/h6-7,9,11-12,17H,4-5,8,10H2,1-3H3. The summed E-state index contributed by atoms with van der Waals surface area (Å²) < 4.78 is 14.2. The lowest BCUT2D eigenvalue weighted by molar-refractivity contribution is 0.360. The summed E-state index contributed by atoms with van der Waals surface area (Å²) in [5.41, 5.74) is 1.75. The third kappa shape index (κ3) is 2.66. The van der Waals surface area contributed by atoms with Crippen LogP contribution in [0.3, 0.4) is 0 Å². The van der Waals surface area contributed by atoms with Crippen molar-refractivity contribution in [3.05, 3.63) is 29.6 Å². The van der Waals surface area contributed by atoms with E-state index in [0.717, 1.165) is 24.2 Å². The normalized spacial score (nSPS) is 24.3. The second-order valence-corrected chi connectivity index (χ2v) is 5.37. The lowest BCUT2D eigenvalue weighted by Crippen LogP contribution is -2.42. The molecule has 0 radical (unpaired) electrons. The molecule has 3 heteroatoms. The molecule has 2 unspecified atom stereocenters. The number of nitrogens with one attached hydrogen (secondary N) is 1. The molecule has 18 heavy (non-hydrogen) atoms. The van der Waals surface area contributed by atoms with Crippen LogP contribution in [0.15, 0.2) is 18.2 Å². The first-order chi connectivity index (χ1) is 8.63. The van der Waals surface area contributed by atoms with Gasteiger partial charge in [0.05, 0.1) is 5.69 Å². The lowest BCUT2D eigenvalue weighted by atomic mass is 9.91. The minimum Gasteiger partial charge on any atom is -0.366 e. The number of halogens is 1. The maximum Gasteiger partial charge on any atom is 0.146 e. The van der Waals surface area contributed by atoms with Gasteiger partial charge in [-0.1, -0.05) is 13.0 Å². The van der Waals surface area contributed by atoms with Crippen molar-refractivity contribution in [1.82, 2.24) is 5.32 Å². The first kappa shape index (κ1) is 13.3. The molecule has 0 aliphatic carbocycles. The summed E-state index contributed by atoms with van der Waals surface area (Å²) in [6, 6.07) is 6.01.